The summed E-state index contributed by atoms with van der Waals surface area (Å²) in [5, 5.41) is 2.67. The summed E-state index contributed by atoms with van der Waals surface area (Å²) in [7, 11) is 4.34. The van der Waals surface area contributed by atoms with Crippen molar-refractivity contribution in [2.45, 2.75) is 25.7 Å². The number of benzene rings is 3. The van der Waals surface area contributed by atoms with E-state index >= 15 is 0 Å². The van der Waals surface area contributed by atoms with Crippen LogP contribution in [-0.4, -0.2) is 26.2 Å². The predicted octanol–water partition coefficient (Wildman–Crippen LogP) is 7.18. The van der Waals surface area contributed by atoms with Gasteiger partial charge in [-0.1, -0.05) is 48.5 Å². The number of nitrogens with zero attached hydrogens (tertiary/aromatic N) is 4. The van der Waals surface area contributed by atoms with Crippen molar-refractivity contribution in [1.82, 2.24) is 0 Å². The molecule has 2 aromatic heterocycles. The van der Waals surface area contributed by atoms with Crippen molar-refractivity contribution in [2.24, 2.45) is 14.1 Å². The summed E-state index contributed by atoms with van der Waals surface area (Å²) in [6, 6.07) is 31.2. The van der Waals surface area contributed by atoms with Crippen LogP contribution in [0.4, 0.5) is 11.4 Å². The van der Waals surface area contributed by atoms with Crippen LogP contribution in [0.15, 0.2) is 84.9 Å². The standard InChI is InChI=1S/C38H40N4/c1-39-31(27-37(41-23-7-8-24-41)33-11-3-5-13-35(33)39)21-19-29-15-17-30(18-16-29)20-22-32-28-38(42-25-9-10-26-42)34-12-4-6-14-36(34)40(32)2/h3-6,11-22,27-28H,7-10,23-26H2,1-2H3/q+2/b21-19+,22-20+. The first kappa shape index (κ1) is 26.5. The zero-order valence-corrected chi connectivity index (χ0v) is 24.8. The number of fused-ring (bicyclic) bond motifs is 2. The highest BCUT2D eigenvalue weighted by molar-refractivity contribution is 5.92. The van der Waals surface area contributed by atoms with Gasteiger partial charge in [0.05, 0.1) is 22.1 Å². The van der Waals surface area contributed by atoms with E-state index in [4.69, 9.17) is 0 Å². The number of hydrogen-bond acceptors (Lipinski definition) is 2. The van der Waals surface area contributed by atoms with Crippen molar-refractivity contribution in [2.75, 3.05) is 36.0 Å². The topological polar surface area (TPSA) is 14.2 Å². The molecule has 4 nitrogen and oxygen atoms in total. The van der Waals surface area contributed by atoms with E-state index in [0.29, 0.717) is 0 Å². The SMILES string of the molecule is C[n+]1c(/C=C/c2ccc(/C=C/c3cc(N4CCCC4)c4ccccc4[n+]3C)cc2)cc(N2CCCC2)c2ccccc21. The number of anilines is 2. The first-order chi connectivity index (χ1) is 20.7. The zero-order valence-electron chi connectivity index (χ0n) is 24.8. The molecule has 0 spiro atoms. The molecule has 2 fully saturated rings. The van der Waals surface area contributed by atoms with E-state index < -0.39 is 0 Å². The smallest absolute Gasteiger partial charge is 0.214 e. The van der Waals surface area contributed by atoms with E-state index in [9.17, 15) is 0 Å². The van der Waals surface area contributed by atoms with Gasteiger partial charge in [0.25, 0.3) is 0 Å². The van der Waals surface area contributed by atoms with Crippen molar-refractivity contribution in [3.63, 3.8) is 0 Å². The molecule has 0 amide bonds. The Bertz CT molecular complexity index is 1670. The molecule has 0 radical (unpaired) electrons. The van der Waals surface area contributed by atoms with Crippen LogP contribution in [0, 0.1) is 0 Å². The normalized spacial score (nSPS) is 15.8. The van der Waals surface area contributed by atoms with Gasteiger partial charge in [-0.3, -0.25) is 0 Å². The molecule has 210 valence electrons. The molecule has 0 aliphatic carbocycles. The average Bonchev–Trinajstić information content (AvgIpc) is 3.77. The van der Waals surface area contributed by atoms with Gasteiger partial charge >= 0.3 is 0 Å². The lowest BCUT2D eigenvalue weighted by Crippen LogP contribution is -2.34. The Balaban J connectivity index is 1.15. The maximum atomic E-state index is 2.55. The molecule has 0 unspecified atom stereocenters. The minimum Gasteiger partial charge on any atom is -0.371 e. The van der Waals surface area contributed by atoms with Crippen molar-refractivity contribution in [3.05, 3.63) is 107 Å². The maximum absolute atomic E-state index is 2.55. The summed E-state index contributed by atoms with van der Waals surface area (Å²) in [6.45, 7) is 4.58. The van der Waals surface area contributed by atoms with Crippen LogP contribution in [0.1, 0.15) is 48.2 Å². The first-order valence-electron chi connectivity index (χ1n) is 15.5. The fourth-order valence-electron chi connectivity index (χ4n) is 6.71. The summed E-state index contributed by atoms with van der Waals surface area (Å²) < 4.78 is 4.62. The molecule has 0 bridgehead atoms. The molecule has 3 aromatic carbocycles. The van der Waals surface area contributed by atoms with E-state index in [1.165, 1.54) is 81.4 Å². The largest absolute Gasteiger partial charge is 0.371 e. The maximum Gasteiger partial charge on any atom is 0.214 e. The second kappa shape index (κ2) is 11.4. The highest BCUT2D eigenvalue weighted by Crippen LogP contribution is 2.30. The number of aryl methyl sites for hydroxylation is 2. The third-order valence-corrected chi connectivity index (χ3v) is 9.15. The number of rotatable bonds is 6. The van der Waals surface area contributed by atoms with Gasteiger partial charge in [-0.15, -0.1) is 0 Å². The Kier molecular flexibility index (Phi) is 7.21. The van der Waals surface area contributed by atoms with Crippen LogP contribution < -0.4 is 18.9 Å². The lowest BCUT2D eigenvalue weighted by molar-refractivity contribution is -0.646. The van der Waals surface area contributed by atoms with Gasteiger partial charge in [0.1, 0.15) is 14.1 Å². The average molecular weight is 553 g/mol. The molecule has 2 aliphatic rings. The molecular formula is C38H40N4+2. The fraction of sp³-hybridized carbons (Fsp3) is 0.263. The quantitative estimate of drug-likeness (QED) is 0.207. The highest BCUT2D eigenvalue weighted by atomic mass is 15.2. The summed E-state index contributed by atoms with van der Waals surface area (Å²) in [5.74, 6) is 0. The Morgan fingerprint density at radius 2 is 0.881 bits per heavy atom. The van der Waals surface area contributed by atoms with Crippen LogP contribution in [0.25, 0.3) is 46.1 Å². The van der Waals surface area contributed by atoms with Gasteiger partial charge in [-0.2, -0.15) is 9.13 Å². The predicted molar refractivity (Wildman–Crippen MR) is 177 cm³/mol. The van der Waals surface area contributed by atoms with E-state index in [1.54, 1.807) is 0 Å². The van der Waals surface area contributed by atoms with Gasteiger partial charge < -0.3 is 9.80 Å². The highest BCUT2D eigenvalue weighted by Gasteiger charge is 2.22. The molecule has 4 heterocycles. The third-order valence-electron chi connectivity index (χ3n) is 9.15. The van der Waals surface area contributed by atoms with Gasteiger partial charge in [-0.25, -0.2) is 0 Å². The Morgan fingerprint density at radius 1 is 0.500 bits per heavy atom. The van der Waals surface area contributed by atoms with Crippen molar-refractivity contribution < 1.29 is 9.13 Å². The third kappa shape index (κ3) is 5.07. The van der Waals surface area contributed by atoms with Crippen LogP contribution >= 0.6 is 0 Å². The minimum absolute atomic E-state index is 1.15. The Morgan fingerprint density at radius 3 is 1.29 bits per heavy atom. The van der Waals surface area contributed by atoms with Crippen molar-refractivity contribution >= 4 is 57.5 Å². The second-order valence-corrected chi connectivity index (χ2v) is 11.8. The molecular weight excluding hydrogens is 512 g/mol. The lowest BCUT2D eigenvalue weighted by atomic mass is 10.1. The molecule has 2 aliphatic heterocycles. The van der Waals surface area contributed by atoms with Crippen LogP contribution in [0.5, 0.6) is 0 Å². The number of aromatic nitrogens is 2. The monoisotopic (exact) mass is 552 g/mol. The van der Waals surface area contributed by atoms with Crippen LogP contribution in [-0.2, 0) is 14.1 Å². The van der Waals surface area contributed by atoms with Gasteiger partial charge in [-0.05, 0) is 61.1 Å². The lowest BCUT2D eigenvalue weighted by Gasteiger charge is -2.19. The zero-order chi connectivity index (χ0) is 28.5. The fourth-order valence-corrected chi connectivity index (χ4v) is 6.71. The van der Waals surface area contributed by atoms with E-state index in [1.807, 2.05) is 0 Å². The van der Waals surface area contributed by atoms with Gasteiger partial charge in [0, 0.05) is 62.6 Å². The summed E-state index contributed by atoms with van der Waals surface area (Å²) in [6.07, 6.45) is 14.1. The van der Waals surface area contributed by atoms with Crippen LogP contribution in [0.2, 0.25) is 0 Å². The Hall–Kier alpha value is -4.44. The minimum atomic E-state index is 1.15. The van der Waals surface area contributed by atoms with E-state index in [2.05, 4.69) is 142 Å². The summed E-state index contributed by atoms with van der Waals surface area (Å²) in [4.78, 5) is 5.09. The van der Waals surface area contributed by atoms with Crippen molar-refractivity contribution in [1.29, 1.82) is 0 Å². The molecule has 5 aromatic rings. The van der Waals surface area contributed by atoms with Gasteiger partial charge in [0.2, 0.25) is 22.4 Å². The van der Waals surface area contributed by atoms with E-state index in [-0.39, 0.29) is 0 Å². The summed E-state index contributed by atoms with van der Waals surface area (Å²) in [5.41, 5.74) is 10.1. The van der Waals surface area contributed by atoms with Crippen molar-refractivity contribution in [3.8, 4) is 0 Å². The number of pyridine rings is 2. The van der Waals surface area contributed by atoms with Gasteiger partial charge in [0.15, 0.2) is 0 Å². The van der Waals surface area contributed by atoms with E-state index in [0.717, 1.165) is 26.2 Å². The molecule has 42 heavy (non-hydrogen) atoms. The number of hydrogen-bond donors (Lipinski definition) is 0. The Labute approximate surface area is 249 Å². The van der Waals surface area contributed by atoms with Crippen LogP contribution in [0.3, 0.4) is 0 Å². The second-order valence-electron chi connectivity index (χ2n) is 11.8. The first-order valence-corrected chi connectivity index (χ1v) is 15.5. The number of para-hydroxylation sites is 2. The molecule has 0 atom stereocenters. The molecule has 2 saturated heterocycles. The molecule has 0 saturated carbocycles. The molecule has 0 N–H and O–H groups in total. The molecule has 4 heteroatoms. The summed E-state index contributed by atoms with van der Waals surface area (Å²) >= 11 is 0. The molecule has 7 rings (SSSR count).